The lowest BCUT2D eigenvalue weighted by Gasteiger charge is -2.36. The molecule has 0 heterocycles. The SMILES string of the molecule is Cc1ccc(C2CC(C(C)C)CCC2C(=O)O)cc1F. The number of carboxylic acid groups (broad SMARTS) is 1. The van der Waals surface area contributed by atoms with Crippen molar-refractivity contribution in [1.29, 1.82) is 0 Å². The van der Waals surface area contributed by atoms with Gasteiger partial charge in [0.05, 0.1) is 5.92 Å². The zero-order valence-electron chi connectivity index (χ0n) is 12.4. The van der Waals surface area contributed by atoms with Gasteiger partial charge >= 0.3 is 5.97 Å². The minimum Gasteiger partial charge on any atom is -0.481 e. The summed E-state index contributed by atoms with van der Waals surface area (Å²) in [5.74, 6) is -0.366. The van der Waals surface area contributed by atoms with Crippen LogP contribution in [0, 0.1) is 30.5 Å². The molecule has 1 aromatic rings. The first-order chi connectivity index (χ1) is 9.40. The summed E-state index contributed by atoms with van der Waals surface area (Å²) in [5, 5.41) is 9.42. The minimum atomic E-state index is -0.752. The second kappa shape index (κ2) is 5.94. The second-order valence-corrected chi connectivity index (χ2v) is 6.38. The highest BCUT2D eigenvalue weighted by Crippen LogP contribution is 2.43. The molecule has 110 valence electrons. The smallest absolute Gasteiger partial charge is 0.307 e. The molecule has 1 fully saturated rings. The van der Waals surface area contributed by atoms with Crippen LogP contribution in [0.4, 0.5) is 4.39 Å². The molecule has 3 atom stereocenters. The summed E-state index contributed by atoms with van der Waals surface area (Å²) in [5.41, 5.74) is 1.45. The quantitative estimate of drug-likeness (QED) is 0.891. The molecule has 2 rings (SSSR count). The van der Waals surface area contributed by atoms with Crippen molar-refractivity contribution in [2.75, 3.05) is 0 Å². The monoisotopic (exact) mass is 278 g/mol. The molecule has 0 radical (unpaired) electrons. The zero-order chi connectivity index (χ0) is 14.9. The van der Waals surface area contributed by atoms with Gasteiger partial charge in [-0.3, -0.25) is 4.79 Å². The molecule has 3 heteroatoms. The molecule has 2 nitrogen and oxygen atoms in total. The van der Waals surface area contributed by atoms with Crippen molar-refractivity contribution < 1.29 is 14.3 Å². The summed E-state index contributed by atoms with van der Waals surface area (Å²) < 4.78 is 13.8. The summed E-state index contributed by atoms with van der Waals surface area (Å²) in [6.45, 7) is 6.09. The second-order valence-electron chi connectivity index (χ2n) is 6.38. The molecule has 1 saturated carbocycles. The van der Waals surface area contributed by atoms with Crippen molar-refractivity contribution in [3.63, 3.8) is 0 Å². The third-order valence-electron chi connectivity index (χ3n) is 4.77. The predicted molar refractivity (Wildman–Crippen MR) is 77.2 cm³/mol. The van der Waals surface area contributed by atoms with Gasteiger partial charge < -0.3 is 5.11 Å². The Balaban J connectivity index is 2.31. The van der Waals surface area contributed by atoms with Crippen molar-refractivity contribution in [1.82, 2.24) is 0 Å². The van der Waals surface area contributed by atoms with Gasteiger partial charge in [0.15, 0.2) is 0 Å². The van der Waals surface area contributed by atoms with Crippen LogP contribution in [0.5, 0.6) is 0 Å². The Bertz CT molecular complexity index is 496. The largest absolute Gasteiger partial charge is 0.481 e. The zero-order valence-corrected chi connectivity index (χ0v) is 12.4. The molecule has 0 aliphatic heterocycles. The van der Waals surface area contributed by atoms with Crippen LogP contribution in [-0.4, -0.2) is 11.1 Å². The van der Waals surface area contributed by atoms with E-state index in [0.717, 1.165) is 18.4 Å². The number of rotatable bonds is 3. The number of aliphatic carboxylic acids is 1. The average molecular weight is 278 g/mol. The molecular weight excluding hydrogens is 255 g/mol. The van der Waals surface area contributed by atoms with E-state index in [1.54, 1.807) is 13.0 Å². The van der Waals surface area contributed by atoms with Crippen molar-refractivity contribution in [2.24, 2.45) is 17.8 Å². The molecule has 0 spiro atoms. The van der Waals surface area contributed by atoms with Gasteiger partial charge in [0.1, 0.15) is 5.82 Å². The summed E-state index contributed by atoms with van der Waals surface area (Å²) >= 11 is 0. The lowest BCUT2D eigenvalue weighted by Crippen LogP contribution is -2.31. The fraction of sp³-hybridized carbons (Fsp3) is 0.588. The van der Waals surface area contributed by atoms with Crippen LogP contribution in [0.3, 0.4) is 0 Å². The highest BCUT2D eigenvalue weighted by molar-refractivity contribution is 5.71. The fourth-order valence-electron chi connectivity index (χ4n) is 3.31. The fourth-order valence-corrected chi connectivity index (χ4v) is 3.31. The average Bonchev–Trinajstić information content (AvgIpc) is 2.41. The van der Waals surface area contributed by atoms with Gasteiger partial charge in [0, 0.05) is 0 Å². The molecule has 1 N–H and O–H groups in total. The Labute approximate surface area is 120 Å². The maximum absolute atomic E-state index is 13.8. The van der Waals surface area contributed by atoms with Gasteiger partial charge in [0.25, 0.3) is 0 Å². The third kappa shape index (κ3) is 3.02. The van der Waals surface area contributed by atoms with E-state index in [9.17, 15) is 14.3 Å². The van der Waals surface area contributed by atoms with E-state index in [4.69, 9.17) is 0 Å². The first-order valence-electron chi connectivity index (χ1n) is 7.39. The Morgan fingerprint density at radius 1 is 1.35 bits per heavy atom. The number of carboxylic acids is 1. The first kappa shape index (κ1) is 15.0. The maximum atomic E-state index is 13.8. The van der Waals surface area contributed by atoms with Gasteiger partial charge in [-0.25, -0.2) is 4.39 Å². The number of halogens is 1. The highest BCUT2D eigenvalue weighted by atomic mass is 19.1. The molecule has 0 bridgehead atoms. The van der Waals surface area contributed by atoms with Crippen LogP contribution >= 0.6 is 0 Å². The Morgan fingerprint density at radius 2 is 2.05 bits per heavy atom. The number of carbonyl (C=O) groups is 1. The lowest BCUT2D eigenvalue weighted by molar-refractivity contribution is -0.144. The van der Waals surface area contributed by atoms with E-state index in [-0.39, 0.29) is 17.7 Å². The molecule has 1 aliphatic rings. The summed E-state index contributed by atoms with van der Waals surface area (Å²) in [4.78, 5) is 11.5. The van der Waals surface area contributed by atoms with Crippen LogP contribution in [0.2, 0.25) is 0 Å². The Hall–Kier alpha value is -1.38. The molecule has 0 saturated heterocycles. The maximum Gasteiger partial charge on any atom is 0.307 e. The van der Waals surface area contributed by atoms with Gasteiger partial charge in [-0.15, -0.1) is 0 Å². The van der Waals surface area contributed by atoms with Crippen molar-refractivity contribution >= 4 is 5.97 Å². The summed E-state index contributed by atoms with van der Waals surface area (Å²) in [6, 6.07) is 5.17. The summed E-state index contributed by atoms with van der Waals surface area (Å²) in [7, 11) is 0. The van der Waals surface area contributed by atoms with Crippen molar-refractivity contribution in [3.05, 3.63) is 35.1 Å². The van der Waals surface area contributed by atoms with Crippen LogP contribution in [0.25, 0.3) is 0 Å². The van der Waals surface area contributed by atoms with Crippen molar-refractivity contribution in [2.45, 2.75) is 46.0 Å². The Morgan fingerprint density at radius 3 is 2.60 bits per heavy atom. The minimum absolute atomic E-state index is 0.0660. The van der Waals surface area contributed by atoms with E-state index < -0.39 is 5.97 Å². The molecule has 1 aliphatic carbocycles. The molecular formula is C17H23FO2. The standard InChI is InChI=1S/C17H23FO2/c1-10(2)12-6-7-14(17(19)20)15(8-12)13-5-4-11(3)16(18)9-13/h4-5,9-10,12,14-15H,6-8H2,1-3H3,(H,19,20). The normalized spacial score (nSPS) is 26.8. The number of benzene rings is 1. The number of hydrogen-bond donors (Lipinski definition) is 1. The highest BCUT2D eigenvalue weighted by Gasteiger charge is 2.36. The van der Waals surface area contributed by atoms with Crippen LogP contribution in [0.15, 0.2) is 18.2 Å². The first-order valence-corrected chi connectivity index (χ1v) is 7.39. The molecule has 0 aromatic heterocycles. The lowest BCUT2D eigenvalue weighted by atomic mass is 9.68. The summed E-state index contributed by atoms with van der Waals surface area (Å²) in [6.07, 6.45) is 2.49. The topological polar surface area (TPSA) is 37.3 Å². The Kier molecular flexibility index (Phi) is 4.46. The van der Waals surface area contributed by atoms with E-state index in [2.05, 4.69) is 13.8 Å². The number of aryl methyl sites for hydroxylation is 1. The van der Waals surface area contributed by atoms with E-state index >= 15 is 0 Å². The molecule has 20 heavy (non-hydrogen) atoms. The van der Waals surface area contributed by atoms with Crippen LogP contribution in [-0.2, 0) is 4.79 Å². The van der Waals surface area contributed by atoms with E-state index in [0.29, 0.717) is 23.8 Å². The predicted octanol–water partition coefficient (Wildman–Crippen LogP) is 4.37. The van der Waals surface area contributed by atoms with Gasteiger partial charge in [-0.05, 0) is 61.1 Å². The van der Waals surface area contributed by atoms with Crippen molar-refractivity contribution in [3.8, 4) is 0 Å². The van der Waals surface area contributed by atoms with Gasteiger partial charge in [-0.1, -0.05) is 26.0 Å². The third-order valence-corrected chi connectivity index (χ3v) is 4.77. The van der Waals surface area contributed by atoms with E-state index in [1.165, 1.54) is 6.07 Å². The number of hydrogen-bond acceptors (Lipinski definition) is 1. The molecule has 3 unspecified atom stereocenters. The van der Waals surface area contributed by atoms with Gasteiger partial charge in [0.2, 0.25) is 0 Å². The molecule has 1 aromatic carbocycles. The van der Waals surface area contributed by atoms with Gasteiger partial charge in [-0.2, -0.15) is 0 Å². The van der Waals surface area contributed by atoms with E-state index in [1.807, 2.05) is 6.07 Å². The van der Waals surface area contributed by atoms with Crippen LogP contribution < -0.4 is 0 Å². The van der Waals surface area contributed by atoms with Crippen LogP contribution in [0.1, 0.15) is 50.2 Å². The molecule has 0 amide bonds.